The SMILES string of the molecule is O=C(O)CCN(C(=O)/C=C/c1ccco1)C1CC1. The van der Waals surface area contributed by atoms with Crippen molar-refractivity contribution in [2.45, 2.75) is 25.3 Å². The van der Waals surface area contributed by atoms with Gasteiger partial charge in [-0.25, -0.2) is 0 Å². The summed E-state index contributed by atoms with van der Waals surface area (Å²) in [6.45, 7) is 0.265. The van der Waals surface area contributed by atoms with Gasteiger partial charge >= 0.3 is 5.97 Å². The van der Waals surface area contributed by atoms with Crippen molar-refractivity contribution in [3.63, 3.8) is 0 Å². The molecule has 0 spiro atoms. The number of hydrogen-bond acceptors (Lipinski definition) is 3. The van der Waals surface area contributed by atoms with E-state index in [4.69, 9.17) is 9.52 Å². The Labute approximate surface area is 105 Å². The van der Waals surface area contributed by atoms with Gasteiger partial charge < -0.3 is 14.4 Å². The summed E-state index contributed by atoms with van der Waals surface area (Å²) < 4.78 is 5.09. The Bertz CT molecular complexity index is 446. The molecular formula is C13H15NO4. The van der Waals surface area contributed by atoms with E-state index in [0.717, 1.165) is 12.8 Å². The van der Waals surface area contributed by atoms with Crippen LogP contribution in [0.3, 0.4) is 0 Å². The molecule has 5 nitrogen and oxygen atoms in total. The fourth-order valence-electron chi connectivity index (χ4n) is 1.71. The summed E-state index contributed by atoms with van der Waals surface area (Å²) in [5.74, 6) is -0.434. The Morgan fingerprint density at radius 1 is 1.50 bits per heavy atom. The van der Waals surface area contributed by atoms with Gasteiger partial charge in [0.2, 0.25) is 5.91 Å². The molecule has 1 aromatic heterocycles. The monoisotopic (exact) mass is 249 g/mol. The molecule has 1 fully saturated rings. The molecule has 5 heteroatoms. The molecule has 96 valence electrons. The van der Waals surface area contributed by atoms with Crippen LogP contribution in [0.15, 0.2) is 28.9 Å². The summed E-state index contributed by atoms with van der Waals surface area (Å²) in [6, 6.07) is 3.70. The fourth-order valence-corrected chi connectivity index (χ4v) is 1.71. The van der Waals surface area contributed by atoms with E-state index in [1.165, 1.54) is 12.3 Å². The zero-order valence-electron chi connectivity index (χ0n) is 9.91. The summed E-state index contributed by atoms with van der Waals surface area (Å²) in [5, 5.41) is 8.66. The summed E-state index contributed by atoms with van der Waals surface area (Å²) >= 11 is 0. The van der Waals surface area contributed by atoms with Crippen molar-refractivity contribution in [3.05, 3.63) is 30.2 Å². The minimum atomic E-state index is -0.886. The lowest BCUT2D eigenvalue weighted by Crippen LogP contribution is -2.33. The minimum Gasteiger partial charge on any atom is -0.481 e. The third kappa shape index (κ3) is 3.48. The highest BCUT2D eigenvalue weighted by Crippen LogP contribution is 2.27. The first kappa shape index (κ1) is 12.4. The van der Waals surface area contributed by atoms with Gasteiger partial charge in [0.1, 0.15) is 5.76 Å². The first-order valence-electron chi connectivity index (χ1n) is 5.91. The van der Waals surface area contributed by atoms with Crippen LogP contribution in [0, 0.1) is 0 Å². The van der Waals surface area contributed by atoms with Gasteiger partial charge in [-0.2, -0.15) is 0 Å². The number of amides is 1. The van der Waals surface area contributed by atoms with E-state index in [9.17, 15) is 9.59 Å². The highest BCUT2D eigenvalue weighted by atomic mass is 16.4. The van der Waals surface area contributed by atoms with Gasteiger partial charge in [0.15, 0.2) is 0 Å². The molecule has 0 aromatic carbocycles. The van der Waals surface area contributed by atoms with Crippen molar-refractivity contribution in [2.75, 3.05) is 6.54 Å². The molecule has 0 unspecified atom stereocenters. The smallest absolute Gasteiger partial charge is 0.305 e. The number of nitrogens with zero attached hydrogens (tertiary/aromatic N) is 1. The molecular weight excluding hydrogens is 234 g/mol. The average Bonchev–Trinajstić information content (AvgIpc) is 3.03. The number of carboxylic acid groups (broad SMARTS) is 1. The third-order valence-electron chi connectivity index (χ3n) is 2.77. The first-order valence-corrected chi connectivity index (χ1v) is 5.91. The molecule has 1 heterocycles. The van der Waals surface area contributed by atoms with Crippen molar-refractivity contribution in [1.82, 2.24) is 4.90 Å². The second-order valence-corrected chi connectivity index (χ2v) is 4.26. The normalized spacial score (nSPS) is 14.9. The molecule has 0 bridgehead atoms. The van der Waals surface area contributed by atoms with Crippen molar-refractivity contribution in [2.24, 2.45) is 0 Å². The highest BCUT2D eigenvalue weighted by molar-refractivity contribution is 5.92. The van der Waals surface area contributed by atoms with Gasteiger partial charge in [-0.15, -0.1) is 0 Å². The van der Waals surface area contributed by atoms with Crippen LogP contribution in [0.25, 0.3) is 6.08 Å². The Hall–Kier alpha value is -2.04. The second kappa shape index (κ2) is 5.53. The van der Waals surface area contributed by atoms with Gasteiger partial charge in [-0.3, -0.25) is 9.59 Å². The summed E-state index contributed by atoms with van der Waals surface area (Å²) in [5.41, 5.74) is 0. The average molecular weight is 249 g/mol. The van der Waals surface area contributed by atoms with Crippen LogP contribution in [0.5, 0.6) is 0 Å². The van der Waals surface area contributed by atoms with E-state index in [2.05, 4.69) is 0 Å². The Morgan fingerprint density at radius 2 is 2.28 bits per heavy atom. The van der Waals surface area contributed by atoms with E-state index < -0.39 is 5.97 Å². The van der Waals surface area contributed by atoms with Crippen LogP contribution in [-0.4, -0.2) is 34.5 Å². The van der Waals surface area contributed by atoms with Crippen molar-refractivity contribution < 1.29 is 19.1 Å². The quantitative estimate of drug-likeness (QED) is 0.780. The molecule has 1 aliphatic rings. The van der Waals surface area contributed by atoms with E-state index in [0.29, 0.717) is 5.76 Å². The lowest BCUT2D eigenvalue weighted by molar-refractivity contribution is -0.138. The molecule has 2 rings (SSSR count). The van der Waals surface area contributed by atoms with Crippen LogP contribution >= 0.6 is 0 Å². The van der Waals surface area contributed by atoms with Gasteiger partial charge in [0.05, 0.1) is 12.7 Å². The molecule has 1 N–H and O–H groups in total. The molecule has 0 radical (unpaired) electrons. The zero-order valence-corrected chi connectivity index (χ0v) is 9.91. The Kier molecular flexibility index (Phi) is 3.82. The standard InChI is InChI=1S/C13H15NO4/c15-12(6-5-11-2-1-9-18-11)14(10-3-4-10)8-7-13(16)17/h1-2,5-6,9-10H,3-4,7-8H2,(H,16,17)/b6-5+. The molecule has 1 saturated carbocycles. The predicted octanol–water partition coefficient (Wildman–Crippen LogP) is 1.76. The Morgan fingerprint density at radius 3 is 2.83 bits per heavy atom. The molecule has 18 heavy (non-hydrogen) atoms. The molecule has 1 amide bonds. The second-order valence-electron chi connectivity index (χ2n) is 4.26. The van der Waals surface area contributed by atoms with Crippen LogP contribution in [0.1, 0.15) is 25.0 Å². The Balaban J connectivity index is 1.93. The highest BCUT2D eigenvalue weighted by Gasteiger charge is 2.31. The molecule has 0 aliphatic heterocycles. The van der Waals surface area contributed by atoms with Crippen LogP contribution < -0.4 is 0 Å². The third-order valence-corrected chi connectivity index (χ3v) is 2.77. The van der Waals surface area contributed by atoms with Gasteiger partial charge in [0, 0.05) is 18.7 Å². The number of aliphatic carboxylic acids is 1. The maximum Gasteiger partial charge on any atom is 0.305 e. The lowest BCUT2D eigenvalue weighted by atomic mass is 10.3. The maximum atomic E-state index is 11.9. The van der Waals surface area contributed by atoms with E-state index in [1.54, 1.807) is 23.1 Å². The fraction of sp³-hybridized carbons (Fsp3) is 0.385. The van der Waals surface area contributed by atoms with Crippen LogP contribution in [-0.2, 0) is 9.59 Å². The largest absolute Gasteiger partial charge is 0.481 e. The summed E-state index contributed by atoms with van der Waals surface area (Å²) in [4.78, 5) is 24.1. The van der Waals surface area contributed by atoms with Crippen molar-refractivity contribution in [3.8, 4) is 0 Å². The molecule has 1 aromatic rings. The molecule has 0 atom stereocenters. The van der Waals surface area contributed by atoms with Gasteiger partial charge in [0.25, 0.3) is 0 Å². The number of rotatable bonds is 6. The molecule has 0 saturated heterocycles. The van der Waals surface area contributed by atoms with E-state index in [1.807, 2.05) is 0 Å². The minimum absolute atomic E-state index is 0.0170. The van der Waals surface area contributed by atoms with Crippen molar-refractivity contribution in [1.29, 1.82) is 0 Å². The van der Waals surface area contributed by atoms with Crippen molar-refractivity contribution >= 4 is 18.0 Å². The van der Waals surface area contributed by atoms with Gasteiger partial charge in [-0.05, 0) is 31.1 Å². The first-order chi connectivity index (χ1) is 8.66. The van der Waals surface area contributed by atoms with E-state index in [-0.39, 0.29) is 24.9 Å². The number of carboxylic acids is 1. The number of carbonyl (C=O) groups is 2. The number of carbonyl (C=O) groups excluding carboxylic acids is 1. The summed E-state index contributed by atoms with van der Waals surface area (Å²) in [7, 11) is 0. The van der Waals surface area contributed by atoms with Crippen LogP contribution in [0.2, 0.25) is 0 Å². The predicted molar refractivity (Wildman–Crippen MR) is 64.7 cm³/mol. The zero-order chi connectivity index (χ0) is 13.0. The van der Waals surface area contributed by atoms with Gasteiger partial charge in [-0.1, -0.05) is 0 Å². The summed E-state index contributed by atoms with van der Waals surface area (Å²) in [6.07, 6.45) is 6.46. The molecule has 1 aliphatic carbocycles. The topological polar surface area (TPSA) is 70.8 Å². The van der Waals surface area contributed by atoms with Crippen LogP contribution in [0.4, 0.5) is 0 Å². The number of furan rings is 1. The van der Waals surface area contributed by atoms with E-state index >= 15 is 0 Å². The lowest BCUT2D eigenvalue weighted by Gasteiger charge is -2.19. The maximum absolute atomic E-state index is 11.9. The number of hydrogen-bond donors (Lipinski definition) is 1.